The number of anilines is 1. The molecule has 0 amide bonds. The molecule has 0 spiro atoms. The van der Waals surface area contributed by atoms with Gasteiger partial charge in [-0.15, -0.1) is 0 Å². The minimum atomic E-state index is -1.06. The molecule has 2 N–H and O–H groups in total. The number of rotatable bonds is 4. The maximum Gasteiger partial charge on any atom is 0.201 e. The van der Waals surface area contributed by atoms with Crippen molar-refractivity contribution in [3.63, 3.8) is 0 Å². The summed E-state index contributed by atoms with van der Waals surface area (Å²) < 4.78 is 4.83. The predicted octanol–water partition coefficient (Wildman–Crippen LogP) is 1.06. The maximum atomic E-state index is 11.8. The Morgan fingerprint density at radius 3 is 2.40 bits per heavy atom. The summed E-state index contributed by atoms with van der Waals surface area (Å²) in [6.45, 7) is 1.31. The van der Waals surface area contributed by atoms with E-state index in [1.165, 1.54) is 14.0 Å². The molecule has 0 radical (unpaired) electrons. The molecule has 15 heavy (non-hydrogen) atoms. The Hall–Kier alpha value is -1.68. The zero-order chi connectivity index (χ0) is 11.4. The number of nitrogens with two attached hydrogens (primary N) is 1. The summed E-state index contributed by atoms with van der Waals surface area (Å²) in [4.78, 5) is 22.9. The standard InChI is InChI=1S/C11H13NO3/c1-7(13)11(15-2)10(14)8-5-3-4-6-9(8)12/h3-6,11H,12H2,1-2H3. The quantitative estimate of drug-likeness (QED) is 0.455. The second-order valence-corrected chi connectivity index (χ2v) is 3.18. The first kappa shape index (κ1) is 11.4. The highest BCUT2D eigenvalue weighted by molar-refractivity contribution is 6.14. The minimum absolute atomic E-state index is 0.319. The Labute approximate surface area is 88.0 Å². The lowest BCUT2D eigenvalue weighted by Crippen LogP contribution is -2.30. The van der Waals surface area contributed by atoms with E-state index in [1.807, 2.05) is 0 Å². The Kier molecular flexibility index (Phi) is 3.57. The average molecular weight is 207 g/mol. The lowest BCUT2D eigenvalue weighted by Gasteiger charge is -2.11. The molecule has 0 aliphatic heterocycles. The van der Waals surface area contributed by atoms with E-state index >= 15 is 0 Å². The molecule has 0 aromatic heterocycles. The molecule has 0 aliphatic rings. The fraction of sp³-hybridized carbons (Fsp3) is 0.273. The molecule has 4 nitrogen and oxygen atoms in total. The molecule has 0 saturated carbocycles. The van der Waals surface area contributed by atoms with Gasteiger partial charge < -0.3 is 10.5 Å². The molecule has 0 fully saturated rings. The number of benzene rings is 1. The lowest BCUT2D eigenvalue weighted by atomic mass is 10.0. The van der Waals surface area contributed by atoms with E-state index in [1.54, 1.807) is 24.3 Å². The van der Waals surface area contributed by atoms with Gasteiger partial charge in [-0.1, -0.05) is 12.1 Å². The Balaban J connectivity index is 3.03. The summed E-state index contributed by atoms with van der Waals surface area (Å²) in [6, 6.07) is 6.60. The number of carbonyl (C=O) groups excluding carboxylic acids is 2. The van der Waals surface area contributed by atoms with E-state index in [0.717, 1.165) is 0 Å². The van der Waals surface area contributed by atoms with E-state index in [-0.39, 0.29) is 5.78 Å². The van der Waals surface area contributed by atoms with Gasteiger partial charge in [-0.3, -0.25) is 9.59 Å². The summed E-state index contributed by atoms with van der Waals surface area (Å²) in [5.74, 6) is -0.728. The normalized spacial score (nSPS) is 12.1. The second kappa shape index (κ2) is 4.70. The molecule has 4 heteroatoms. The summed E-state index contributed by atoms with van der Waals surface area (Å²) in [7, 11) is 1.32. The number of Topliss-reactive ketones (excluding diaryl/α,β-unsaturated/α-hetero) is 2. The fourth-order valence-corrected chi connectivity index (χ4v) is 1.32. The summed E-state index contributed by atoms with van der Waals surface area (Å²) in [5, 5.41) is 0. The summed E-state index contributed by atoms with van der Waals surface area (Å²) in [5.41, 5.74) is 6.30. The predicted molar refractivity (Wildman–Crippen MR) is 56.7 cm³/mol. The van der Waals surface area contributed by atoms with Crippen LogP contribution in [0.5, 0.6) is 0 Å². The van der Waals surface area contributed by atoms with Crippen LogP contribution >= 0.6 is 0 Å². The van der Waals surface area contributed by atoms with Crippen LogP contribution in [-0.4, -0.2) is 24.8 Å². The number of methoxy groups -OCH3 is 1. The fourth-order valence-electron chi connectivity index (χ4n) is 1.32. The minimum Gasteiger partial charge on any atom is -0.398 e. The monoisotopic (exact) mass is 207 g/mol. The number of nitrogen functional groups attached to an aromatic ring is 1. The largest absolute Gasteiger partial charge is 0.398 e. The highest BCUT2D eigenvalue weighted by Crippen LogP contribution is 2.14. The van der Waals surface area contributed by atoms with Gasteiger partial charge in [0.2, 0.25) is 5.78 Å². The van der Waals surface area contributed by atoms with E-state index < -0.39 is 11.9 Å². The highest BCUT2D eigenvalue weighted by Gasteiger charge is 2.25. The molecule has 1 atom stereocenters. The van der Waals surface area contributed by atoms with Gasteiger partial charge in [-0.25, -0.2) is 0 Å². The van der Waals surface area contributed by atoms with Crippen LogP contribution in [-0.2, 0) is 9.53 Å². The molecule has 1 aromatic rings. The summed E-state index contributed by atoms with van der Waals surface area (Å²) >= 11 is 0. The van der Waals surface area contributed by atoms with Crippen LogP contribution in [0.1, 0.15) is 17.3 Å². The van der Waals surface area contributed by atoms with Crippen LogP contribution in [0, 0.1) is 0 Å². The van der Waals surface area contributed by atoms with Gasteiger partial charge in [0.25, 0.3) is 0 Å². The number of ketones is 2. The lowest BCUT2D eigenvalue weighted by molar-refractivity contribution is -0.124. The molecule has 1 rings (SSSR count). The van der Waals surface area contributed by atoms with Gasteiger partial charge in [-0.05, 0) is 19.1 Å². The topological polar surface area (TPSA) is 69.4 Å². The van der Waals surface area contributed by atoms with Gasteiger partial charge in [0.05, 0.1) is 0 Å². The van der Waals surface area contributed by atoms with E-state index in [9.17, 15) is 9.59 Å². The number of ether oxygens (including phenoxy) is 1. The highest BCUT2D eigenvalue weighted by atomic mass is 16.5. The molecule has 0 bridgehead atoms. The van der Waals surface area contributed by atoms with Crippen LogP contribution in [0.4, 0.5) is 5.69 Å². The first-order valence-corrected chi connectivity index (χ1v) is 4.50. The molecular formula is C11H13NO3. The Bertz CT molecular complexity index is 387. The third-order valence-corrected chi connectivity index (χ3v) is 2.07. The van der Waals surface area contributed by atoms with E-state index in [0.29, 0.717) is 11.3 Å². The molecule has 0 heterocycles. The van der Waals surface area contributed by atoms with Crippen molar-refractivity contribution < 1.29 is 14.3 Å². The van der Waals surface area contributed by atoms with Gasteiger partial charge in [0.1, 0.15) is 0 Å². The van der Waals surface area contributed by atoms with Crippen LogP contribution < -0.4 is 5.73 Å². The van der Waals surface area contributed by atoms with Crippen molar-refractivity contribution in [2.45, 2.75) is 13.0 Å². The van der Waals surface area contributed by atoms with Crippen LogP contribution in [0.3, 0.4) is 0 Å². The molecule has 0 aliphatic carbocycles. The third kappa shape index (κ3) is 2.41. The first-order valence-electron chi connectivity index (χ1n) is 4.50. The van der Waals surface area contributed by atoms with Crippen molar-refractivity contribution in [3.8, 4) is 0 Å². The van der Waals surface area contributed by atoms with E-state index in [4.69, 9.17) is 10.5 Å². The smallest absolute Gasteiger partial charge is 0.201 e. The Morgan fingerprint density at radius 2 is 1.93 bits per heavy atom. The Morgan fingerprint density at radius 1 is 1.33 bits per heavy atom. The average Bonchev–Trinajstić information content (AvgIpc) is 2.18. The second-order valence-electron chi connectivity index (χ2n) is 3.18. The number of hydrogen-bond donors (Lipinski definition) is 1. The number of para-hydroxylation sites is 1. The zero-order valence-corrected chi connectivity index (χ0v) is 8.69. The maximum absolute atomic E-state index is 11.8. The number of hydrogen-bond acceptors (Lipinski definition) is 4. The van der Waals surface area contributed by atoms with Crippen molar-refractivity contribution in [1.29, 1.82) is 0 Å². The van der Waals surface area contributed by atoms with Crippen molar-refractivity contribution >= 4 is 17.3 Å². The molecular weight excluding hydrogens is 194 g/mol. The number of carbonyl (C=O) groups is 2. The SMILES string of the molecule is COC(C(C)=O)C(=O)c1ccccc1N. The van der Waals surface area contributed by atoms with Gasteiger partial charge >= 0.3 is 0 Å². The zero-order valence-electron chi connectivity index (χ0n) is 8.69. The molecule has 0 saturated heterocycles. The van der Waals surface area contributed by atoms with Crippen molar-refractivity contribution in [3.05, 3.63) is 29.8 Å². The van der Waals surface area contributed by atoms with E-state index in [2.05, 4.69) is 0 Å². The van der Waals surface area contributed by atoms with Gasteiger partial charge in [-0.2, -0.15) is 0 Å². The molecule has 1 unspecified atom stereocenters. The third-order valence-electron chi connectivity index (χ3n) is 2.07. The van der Waals surface area contributed by atoms with Gasteiger partial charge in [0, 0.05) is 18.4 Å². The van der Waals surface area contributed by atoms with Crippen molar-refractivity contribution in [2.24, 2.45) is 0 Å². The van der Waals surface area contributed by atoms with Crippen LogP contribution in [0.2, 0.25) is 0 Å². The van der Waals surface area contributed by atoms with Gasteiger partial charge in [0.15, 0.2) is 11.9 Å². The molecule has 80 valence electrons. The van der Waals surface area contributed by atoms with Crippen LogP contribution in [0.15, 0.2) is 24.3 Å². The van der Waals surface area contributed by atoms with Crippen molar-refractivity contribution in [1.82, 2.24) is 0 Å². The van der Waals surface area contributed by atoms with Crippen molar-refractivity contribution in [2.75, 3.05) is 12.8 Å². The summed E-state index contributed by atoms with van der Waals surface area (Å²) in [6.07, 6.45) is -1.06. The molecule has 1 aromatic carbocycles. The first-order chi connectivity index (χ1) is 7.07. The van der Waals surface area contributed by atoms with Crippen LogP contribution in [0.25, 0.3) is 0 Å².